The van der Waals surface area contributed by atoms with Gasteiger partial charge in [0.15, 0.2) is 0 Å². The minimum absolute atomic E-state index is 0.0234. The van der Waals surface area contributed by atoms with Gasteiger partial charge in [0.2, 0.25) is 11.8 Å². The van der Waals surface area contributed by atoms with Crippen LogP contribution < -0.4 is 0 Å². The van der Waals surface area contributed by atoms with Crippen LogP contribution in [0.3, 0.4) is 0 Å². The number of halogens is 1. The third-order valence-corrected chi connectivity index (χ3v) is 5.71. The quantitative estimate of drug-likeness (QED) is 0.541. The summed E-state index contributed by atoms with van der Waals surface area (Å²) in [7, 11) is 0. The fourth-order valence-corrected chi connectivity index (χ4v) is 3.69. The molecule has 5 nitrogen and oxygen atoms in total. The van der Waals surface area contributed by atoms with Crippen molar-refractivity contribution in [2.45, 2.75) is 60.2 Å². The second-order valence-corrected chi connectivity index (χ2v) is 8.70. The van der Waals surface area contributed by atoms with Crippen LogP contribution in [-0.4, -0.2) is 45.3 Å². The van der Waals surface area contributed by atoms with Crippen LogP contribution in [0, 0.1) is 5.92 Å². The van der Waals surface area contributed by atoms with Gasteiger partial charge in [-0.05, 0) is 43.0 Å². The minimum atomic E-state index is -0.0655. The van der Waals surface area contributed by atoms with E-state index in [9.17, 15) is 9.59 Å². The molecule has 0 aliphatic carbocycles. The van der Waals surface area contributed by atoms with Gasteiger partial charge in [-0.2, -0.15) is 0 Å². The number of carbonyl (C=O) groups excluding carboxylic acids is 2. The second kappa shape index (κ2) is 11.2. The number of hydrogen-bond acceptors (Lipinski definition) is 2. The zero-order chi connectivity index (χ0) is 22.3. The monoisotopic (exact) mass is 431 g/mol. The highest BCUT2D eigenvalue weighted by molar-refractivity contribution is 6.31. The zero-order valence-electron chi connectivity index (χ0n) is 18.8. The fraction of sp³-hybridized carbons (Fsp3) is 0.500. The Kier molecular flexibility index (Phi) is 8.97. The number of hydrogen-bond donors (Lipinski definition) is 0. The van der Waals surface area contributed by atoms with Crippen molar-refractivity contribution in [1.82, 2.24) is 14.4 Å². The van der Waals surface area contributed by atoms with Crippen molar-refractivity contribution in [2.75, 3.05) is 13.1 Å². The molecule has 1 aromatic heterocycles. The topological polar surface area (TPSA) is 45.6 Å². The molecule has 1 atom stereocenters. The maximum Gasteiger partial charge on any atom is 0.242 e. The predicted octanol–water partition coefficient (Wildman–Crippen LogP) is 4.82. The van der Waals surface area contributed by atoms with Crippen molar-refractivity contribution < 1.29 is 9.59 Å². The van der Waals surface area contributed by atoms with E-state index in [1.807, 2.05) is 61.3 Å². The molecule has 0 saturated carbocycles. The van der Waals surface area contributed by atoms with E-state index in [4.69, 9.17) is 11.6 Å². The number of carbonyl (C=O) groups is 2. The first-order valence-corrected chi connectivity index (χ1v) is 11.0. The van der Waals surface area contributed by atoms with Gasteiger partial charge >= 0.3 is 0 Å². The third-order valence-electron chi connectivity index (χ3n) is 5.35. The van der Waals surface area contributed by atoms with Gasteiger partial charge in [0.05, 0.1) is 13.1 Å². The molecule has 0 N–H and O–H groups in total. The predicted molar refractivity (Wildman–Crippen MR) is 122 cm³/mol. The summed E-state index contributed by atoms with van der Waals surface area (Å²) in [6.45, 7) is 11.6. The molecule has 2 rings (SSSR count). The standard InChI is InChI=1S/C24H34ClN3O2/c1-6-19(4)28(20(5)29)17-24(30)27(14-18(2)3)16-22-11-9-13-26(22)15-21-10-7-8-12-23(21)25/h7-13,18-19H,6,14-17H2,1-5H3/t19-/m0/s1. The van der Waals surface area contributed by atoms with Crippen LogP contribution >= 0.6 is 11.6 Å². The summed E-state index contributed by atoms with van der Waals surface area (Å²) >= 11 is 6.33. The van der Waals surface area contributed by atoms with E-state index in [0.29, 0.717) is 25.6 Å². The van der Waals surface area contributed by atoms with Crippen molar-refractivity contribution in [2.24, 2.45) is 5.92 Å². The lowest BCUT2D eigenvalue weighted by Crippen LogP contribution is -2.46. The molecule has 0 aliphatic heterocycles. The average molecular weight is 432 g/mol. The summed E-state index contributed by atoms with van der Waals surface area (Å²) in [5, 5.41) is 0.734. The van der Waals surface area contributed by atoms with Crippen LogP contribution in [0.15, 0.2) is 42.6 Å². The lowest BCUT2D eigenvalue weighted by Gasteiger charge is -2.31. The summed E-state index contributed by atoms with van der Waals surface area (Å²) < 4.78 is 2.12. The molecule has 0 bridgehead atoms. The van der Waals surface area contributed by atoms with Crippen molar-refractivity contribution in [3.63, 3.8) is 0 Å². The van der Waals surface area contributed by atoms with Gasteiger partial charge in [-0.1, -0.05) is 50.6 Å². The minimum Gasteiger partial charge on any atom is -0.345 e. The molecule has 1 aromatic carbocycles. The first-order valence-electron chi connectivity index (χ1n) is 10.6. The molecule has 1 heterocycles. The van der Waals surface area contributed by atoms with Gasteiger partial charge in [0.1, 0.15) is 0 Å². The van der Waals surface area contributed by atoms with Crippen molar-refractivity contribution in [3.05, 3.63) is 58.9 Å². The van der Waals surface area contributed by atoms with Crippen LogP contribution in [0.25, 0.3) is 0 Å². The van der Waals surface area contributed by atoms with E-state index < -0.39 is 0 Å². The van der Waals surface area contributed by atoms with Crippen LogP contribution in [0.1, 0.15) is 52.3 Å². The molecule has 0 spiro atoms. The molecule has 0 aliphatic rings. The molecule has 6 heteroatoms. The van der Waals surface area contributed by atoms with Gasteiger partial charge in [-0.15, -0.1) is 0 Å². The van der Waals surface area contributed by atoms with Crippen LogP contribution in [-0.2, 0) is 22.7 Å². The highest BCUT2D eigenvalue weighted by Crippen LogP contribution is 2.19. The molecular formula is C24H34ClN3O2. The summed E-state index contributed by atoms with van der Waals surface area (Å²) in [6, 6.07) is 11.9. The highest BCUT2D eigenvalue weighted by atomic mass is 35.5. The Morgan fingerprint density at radius 3 is 2.40 bits per heavy atom. The largest absolute Gasteiger partial charge is 0.345 e. The summed E-state index contributed by atoms with van der Waals surface area (Å²) in [4.78, 5) is 28.8. The Balaban J connectivity index is 2.19. The number of nitrogens with zero attached hydrogens (tertiary/aromatic N) is 3. The second-order valence-electron chi connectivity index (χ2n) is 8.29. The van der Waals surface area contributed by atoms with Gasteiger partial charge < -0.3 is 14.4 Å². The highest BCUT2D eigenvalue weighted by Gasteiger charge is 2.23. The molecule has 2 aromatic rings. The average Bonchev–Trinajstić information content (AvgIpc) is 3.12. The van der Waals surface area contributed by atoms with Gasteiger partial charge in [-0.3, -0.25) is 9.59 Å². The summed E-state index contributed by atoms with van der Waals surface area (Å²) in [6.07, 6.45) is 2.83. The molecule has 0 fully saturated rings. The van der Waals surface area contributed by atoms with Gasteiger partial charge in [-0.25, -0.2) is 0 Å². The smallest absolute Gasteiger partial charge is 0.242 e. The number of aromatic nitrogens is 1. The number of benzene rings is 1. The van der Waals surface area contributed by atoms with E-state index in [2.05, 4.69) is 18.4 Å². The maximum atomic E-state index is 13.2. The molecule has 0 unspecified atom stereocenters. The lowest BCUT2D eigenvalue weighted by molar-refractivity contribution is -0.141. The molecular weight excluding hydrogens is 398 g/mol. The third kappa shape index (κ3) is 6.63. The van der Waals surface area contributed by atoms with Gasteiger partial charge in [0.25, 0.3) is 0 Å². The first-order chi connectivity index (χ1) is 14.2. The number of rotatable bonds is 10. The van der Waals surface area contributed by atoms with E-state index >= 15 is 0 Å². The van der Waals surface area contributed by atoms with Crippen LogP contribution in [0.2, 0.25) is 5.02 Å². The Morgan fingerprint density at radius 1 is 1.10 bits per heavy atom. The Labute approximate surface area is 185 Å². The lowest BCUT2D eigenvalue weighted by atomic mass is 10.1. The first kappa shape index (κ1) is 24.0. The van der Waals surface area contributed by atoms with Crippen LogP contribution in [0.4, 0.5) is 0 Å². The molecule has 2 amide bonds. The normalized spacial score (nSPS) is 12.1. The van der Waals surface area contributed by atoms with Crippen LogP contribution in [0.5, 0.6) is 0 Å². The van der Waals surface area contributed by atoms with E-state index in [1.54, 1.807) is 4.90 Å². The summed E-state index contributed by atoms with van der Waals surface area (Å²) in [5.74, 6) is 0.240. The molecule has 164 valence electrons. The Hall–Kier alpha value is -2.27. The Morgan fingerprint density at radius 2 is 1.80 bits per heavy atom. The van der Waals surface area contributed by atoms with E-state index in [1.165, 1.54) is 6.92 Å². The Bertz CT molecular complexity index is 846. The molecule has 30 heavy (non-hydrogen) atoms. The van der Waals surface area contributed by atoms with E-state index in [-0.39, 0.29) is 24.4 Å². The molecule has 0 saturated heterocycles. The maximum absolute atomic E-state index is 13.2. The molecule has 0 radical (unpaired) electrons. The van der Waals surface area contributed by atoms with Crippen molar-refractivity contribution in [1.29, 1.82) is 0 Å². The van der Waals surface area contributed by atoms with Crippen molar-refractivity contribution in [3.8, 4) is 0 Å². The SMILES string of the molecule is CC[C@H](C)N(CC(=O)N(Cc1cccn1Cc1ccccc1Cl)CC(C)C)C(C)=O. The summed E-state index contributed by atoms with van der Waals surface area (Å²) in [5.41, 5.74) is 2.08. The van der Waals surface area contributed by atoms with Gasteiger partial charge in [0, 0.05) is 43.0 Å². The van der Waals surface area contributed by atoms with Crippen molar-refractivity contribution >= 4 is 23.4 Å². The number of amides is 2. The fourth-order valence-electron chi connectivity index (χ4n) is 3.49. The van der Waals surface area contributed by atoms with E-state index in [0.717, 1.165) is 22.7 Å². The zero-order valence-corrected chi connectivity index (χ0v) is 19.5.